The van der Waals surface area contributed by atoms with E-state index in [2.05, 4.69) is 15.4 Å². The molecule has 0 unspecified atom stereocenters. The van der Waals surface area contributed by atoms with E-state index in [1.165, 1.54) is 0 Å². The fourth-order valence-electron chi connectivity index (χ4n) is 2.50. The molecule has 6 heteroatoms. The van der Waals surface area contributed by atoms with Gasteiger partial charge in [0.15, 0.2) is 0 Å². The summed E-state index contributed by atoms with van der Waals surface area (Å²) in [6.07, 6.45) is 0.145. The number of hydrogen-bond acceptors (Lipinski definition) is 4. The van der Waals surface area contributed by atoms with E-state index in [1.807, 2.05) is 18.7 Å². The van der Waals surface area contributed by atoms with Crippen molar-refractivity contribution in [1.82, 2.24) is 20.3 Å². The van der Waals surface area contributed by atoms with Crippen molar-refractivity contribution in [3.63, 3.8) is 0 Å². The molecular formula is C13H16N4O2. The van der Waals surface area contributed by atoms with Crippen molar-refractivity contribution in [2.75, 3.05) is 13.1 Å². The van der Waals surface area contributed by atoms with Gasteiger partial charge in [-0.3, -0.25) is 4.79 Å². The summed E-state index contributed by atoms with van der Waals surface area (Å²) in [7, 11) is 0. The SMILES string of the molecule is C[C@@H]1CN(C(=O)c2ccc3n[nH]nc3c2)C[C@@H](C)O1. The van der Waals surface area contributed by atoms with Gasteiger partial charge in [0, 0.05) is 18.7 Å². The number of carbonyl (C=O) groups excluding carboxylic acids is 1. The smallest absolute Gasteiger partial charge is 0.254 e. The lowest BCUT2D eigenvalue weighted by Gasteiger charge is -2.35. The fourth-order valence-corrected chi connectivity index (χ4v) is 2.50. The Bertz CT molecular complexity index is 599. The maximum absolute atomic E-state index is 12.5. The normalized spacial score (nSPS) is 23.8. The second-order valence-corrected chi connectivity index (χ2v) is 4.99. The summed E-state index contributed by atoms with van der Waals surface area (Å²) in [4.78, 5) is 14.3. The van der Waals surface area contributed by atoms with Gasteiger partial charge in [-0.25, -0.2) is 0 Å². The van der Waals surface area contributed by atoms with Crippen LogP contribution in [0.2, 0.25) is 0 Å². The van der Waals surface area contributed by atoms with Gasteiger partial charge in [0.25, 0.3) is 5.91 Å². The molecule has 1 amide bonds. The maximum Gasteiger partial charge on any atom is 0.254 e. The Morgan fingerprint density at radius 2 is 1.95 bits per heavy atom. The summed E-state index contributed by atoms with van der Waals surface area (Å²) in [6.45, 7) is 5.22. The molecule has 0 bridgehead atoms. The predicted octanol–water partition coefficient (Wildman–Crippen LogP) is 1.21. The number of aromatic amines is 1. The number of benzene rings is 1. The molecule has 19 heavy (non-hydrogen) atoms. The highest BCUT2D eigenvalue weighted by Gasteiger charge is 2.26. The van der Waals surface area contributed by atoms with Gasteiger partial charge in [0.1, 0.15) is 11.0 Å². The zero-order valence-electron chi connectivity index (χ0n) is 11.0. The van der Waals surface area contributed by atoms with E-state index < -0.39 is 0 Å². The van der Waals surface area contributed by atoms with Crippen molar-refractivity contribution in [3.8, 4) is 0 Å². The minimum absolute atomic E-state index is 0.0203. The van der Waals surface area contributed by atoms with Crippen molar-refractivity contribution in [1.29, 1.82) is 0 Å². The molecule has 100 valence electrons. The van der Waals surface area contributed by atoms with Crippen LogP contribution >= 0.6 is 0 Å². The van der Waals surface area contributed by atoms with Crippen molar-refractivity contribution < 1.29 is 9.53 Å². The van der Waals surface area contributed by atoms with E-state index >= 15 is 0 Å². The van der Waals surface area contributed by atoms with Gasteiger partial charge in [0.2, 0.25) is 0 Å². The molecule has 1 aliphatic rings. The van der Waals surface area contributed by atoms with E-state index in [9.17, 15) is 4.79 Å². The summed E-state index contributed by atoms with van der Waals surface area (Å²) in [5.74, 6) is 0.0203. The molecule has 2 aromatic rings. The van der Waals surface area contributed by atoms with Gasteiger partial charge in [-0.2, -0.15) is 15.4 Å². The first kappa shape index (κ1) is 12.1. The van der Waals surface area contributed by atoms with Gasteiger partial charge in [-0.15, -0.1) is 0 Å². The van der Waals surface area contributed by atoms with Crippen LogP contribution in [0.4, 0.5) is 0 Å². The molecule has 0 saturated carbocycles. The molecule has 0 aliphatic carbocycles. The van der Waals surface area contributed by atoms with Crippen LogP contribution < -0.4 is 0 Å². The average Bonchev–Trinajstić information content (AvgIpc) is 2.83. The quantitative estimate of drug-likeness (QED) is 0.836. The van der Waals surface area contributed by atoms with Crippen LogP contribution in [-0.4, -0.2) is 51.5 Å². The molecule has 1 N–H and O–H groups in total. The van der Waals surface area contributed by atoms with Gasteiger partial charge < -0.3 is 9.64 Å². The van der Waals surface area contributed by atoms with E-state index in [4.69, 9.17) is 4.74 Å². The minimum Gasteiger partial charge on any atom is -0.372 e. The molecule has 3 rings (SSSR count). The lowest BCUT2D eigenvalue weighted by molar-refractivity contribution is -0.0586. The van der Waals surface area contributed by atoms with E-state index in [0.29, 0.717) is 24.2 Å². The molecule has 0 radical (unpaired) electrons. The topological polar surface area (TPSA) is 71.1 Å². The van der Waals surface area contributed by atoms with Crippen molar-refractivity contribution >= 4 is 16.9 Å². The highest BCUT2D eigenvalue weighted by molar-refractivity contribution is 5.97. The van der Waals surface area contributed by atoms with Gasteiger partial charge in [-0.05, 0) is 32.0 Å². The number of rotatable bonds is 1. The summed E-state index contributed by atoms with van der Waals surface area (Å²) < 4.78 is 5.64. The third-order valence-corrected chi connectivity index (χ3v) is 3.27. The zero-order chi connectivity index (χ0) is 13.4. The Hall–Kier alpha value is -1.95. The monoisotopic (exact) mass is 260 g/mol. The number of H-pyrrole nitrogens is 1. The van der Waals surface area contributed by atoms with Crippen molar-refractivity contribution in [2.45, 2.75) is 26.1 Å². The molecule has 0 spiro atoms. The highest BCUT2D eigenvalue weighted by atomic mass is 16.5. The number of ether oxygens (including phenoxy) is 1. The maximum atomic E-state index is 12.5. The number of hydrogen-bond donors (Lipinski definition) is 1. The molecule has 1 aromatic heterocycles. The standard InChI is InChI=1S/C13H16N4O2/c1-8-6-17(7-9(2)19-8)13(18)10-3-4-11-12(5-10)15-16-14-11/h3-5,8-9H,6-7H2,1-2H3,(H,14,15,16)/t8-,9-/m1/s1. The summed E-state index contributed by atoms with van der Waals surface area (Å²) in [6, 6.07) is 5.36. The zero-order valence-corrected chi connectivity index (χ0v) is 11.0. The first-order valence-electron chi connectivity index (χ1n) is 6.39. The van der Waals surface area contributed by atoms with Crippen LogP contribution in [0.5, 0.6) is 0 Å². The molecule has 6 nitrogen and oxygen atoms in total. The molecule has 1 aromatic carbocycles. The molecule has 2 atom stereocenters. The number of carbonyl (C=O) groups is 1. The first-order valence-corrected chi connectivity index (χ1v) is 6.39. The average molecular weight is 260 g/mol. The van der Waals surface area contributed by atoms with Crippen LogP contribution in [-0.2, 0) is 4.74 Å². The Morgan fingerprint density at radius 3 is 2.68 bits per heavy atom. The summed E-state index contributed by atoms with van der Waals surface area (Å²) in [5.41, 5.74) is 2.11. The Kier molecular flexibility index (Phi) is 2.94. The van der Waals surface area contributed by atoms with Crippen LogP contribution in [0.25, 0.3) is 11.0 Å². The van der Waals surface area contributed by atoms with E-state index in [1.54, 1.807) is 18.2 Å². The predicted molar refractivity (Wildman–Crippen MR) is 69.8 cm³/mol. The van der Waals surface area contributed by atoms with Gasteiger partial charge in [-0.1, -0.05) is 0 Å². The lowest BCUT2D eigenvalue weighted by Crippen LogP contribution is -2.48. The highest BCUT2D eigenvalue weighted by Crippen LogP contribution is 2.16. The number of amides is 1. The third kappa shape index (κ3) is 2.31. The number of nitrogens with zero attached hydrogens (tertiary/aromatic N) is 3. The van der Waals surface area contributed by atoms with Crippen molar-refractivity contribution in [3.05, 3.63) is 23.8 Å². The molecule has 1 aliphatic heterocycles. The number of fused-ring (bicyclic) bond motifs is 1. The molecule has 2 heterocycles. The Morgan fingerprint density at radius 1 is 1.26 bits per heavy atom. The van der Waals surface area contributed by atoms with Crippen LogP contribution in [0.3, 0.4) is 0 Å². The van der Waals surface area contributed by atoms with Gasteiger partial charge >= 0.3 is 0 Å². The van der Waals surface area contributed by atoms with E-state index in [0.717, 1.165) is 5.52 Å². The Labute approximate surface area is 110 Å². The Balaban J connectivity index is 1.86. The van der Waals surface area contributed by atoms with Gasteiger partial charge in [0.05, 0.1) is 12.2 Å². The van der Waals surface area contributed by atoms with E-state index in [-0.39, 0.29) is 18.1 Å². The summed E-state index contributed by atoms with van der Waals surface area (Å²) >= 11 is 0. The number of aromatic nitrogens is 3. The number of morpholine rings is 1. The molecule has 1 fully saturated rings. The van der Waals surface area contributed by atoms with Crippen molar-refractivity contribution in [2.24, 2.45) is 0 Å². The lowest BCUT2D eigenvalue weighted by atomic mass is 10.1. The third-order valence-electron chi connectivity index (χ3n) is 3.27. The van der Waals surface area contributed by atoms with Crippen LogP contribution in [0.15, 0.2) is 18.2 Å². The first-order chi connectivity index (χ1) is 9.13. The fraction of sp³-hybridized carbons (Fsp3) is 0.462. The molecule has 1 saturated heterocycles. The second kappa shape index (κ2) is 4.62. The molecular weight excluding hydrogens is 244 g/mol. The second-order valence-electron chi connectivity index (χ2n) is 4.99. The minimum atomic E-state index is 0.0203. The van der Waals surface area contributed by atoms with Crippen LogP contribution in [0, 0.1) is 0 Å². The number of nitrogens with one attached hydrogen (secondary N) is 1. The van der Waals surface area contributed by atoms with Crippen LogP contribution in [0.1, 0.15) is 24.2 Å². The summed E-state index contributed by atoms with van der Waals surface area (Å²) in [5, 5.41) is 10.5. The largest absolute Gasteiger partial charge is 0.372 e.